The number of H-pyrrole nitrogens is 1. The zero-order valence-corrected chi connectivity index (χ0v) is 16.6. The number of benzene rings is 1. The molecule has 0 radical (unpaired) electrons. The lowest BCUT2D eigenvalue weighted by Crippen LogP contribution is -3.18. The van der Waals surface area contributed by atoms with E-state index in [1.54, 1.807) is 0 Å². The van der Waals surface area contributed by atoms with Crippen molar-refractivity contribution < 1.29 is 19.2 Å². The monoisotopic (exact) mass is 426 g/mol. The predicted molar refractivity (Wildman–Crippen MR) is 103 cm³/mol. The van der Waals surface area contributed by atoms with Crippen LogP contribution in [0.1, 0.15) is 17.4 Å². The molecule has 1 aromatic carbocycles. The van der Waals surface area contributed by atoms with Crippen molar-refractivity contribution in [1.29, 1.82) is 0 Å². The number of carbonyl (C=O) groups excluding carboxylic acids is 2. The lowest BCUT2D eigenvalue weighted by molar-refractivity contribution is -0.910. The number of hydrogen-bond donors (Lipinski definition) is 3. The van der Waals surface area contributed by atoms with E-state index in [-0.39, 0.29) is 17.6 Å². The number of quaternary nitrogens is 1. The first kappa shape index (κ1) is 18.3. The van der Waals surface area contributed by atoms with Crippen LogP contribution in [0.15, 0.2) is 22.7 Å². The van der Waals surface area contributed by atoms with Gasteiger partial charge in [0.05, 0.1) is 25.9 Å². The number of fused-ring (bicyclic) bond motifs is 1. The summed E-state index contributed by atoms with van der Waals surface area (Å²) in [7, 11) is 1.33. The van der Waals surface area contributed by atoms with Crippen molar-refractivity contribution in [1.82, 2.24) is 4.98 Å². The molecule has 1 fully saturated rings. The van der Waals surface area contributed by atoms with Gasteiger partial charge in [0.15, 0.2) is 6.04 Å². The van der Waals surface area contributed by atoms with E-state index in [0.717, 1.165) is 40.0 Å². The van der Waals surface area contributed by atoms with E-state index >= 15 is 0 Å². The quantitative estimate of drug-likeness (QED) is 0.650. The molecule has 6 nitrogen and oxygen atoms in total. The van der Waals surface area contributed by atoms with Crippen molar-refractivity contribution in [2.45, 2.75) is 13.0 Å². The Morgan fingerprint density at radius 2 is 2.08 bits per heavy atom. The number of nitrogens with one attached hydrogen (secondary N) is 3. The highest BCUT2D eigenvalue weighted by molar-refractivity contribution is 9.10. The van der Waals surface area contributed by atoms with E-state index in [9.17, 15) is 9.59 Å². The number of ether oxygens (including phenoxy) is 1. The molecule has 1 aliphatic rings. The lowest BCUT2D eigenvalue weighted by Gasteiger charge is -2.28. The number of rotatable bonds is 4. The number of aromatic nitrogens is 1. The van der Waals surface area contributed by atoms with E-state index in [2.05, 4.69) is 26.2 Å². The number of aromatic amines is 1. The summed E-state index contributed by atoms with van der Waals surface area (Å²) < 4.78 is 5.73. The fourth-order valence-electron chi connectivity index (χ4n) is 3.03. The van der Waals surface area contributed by atoms with Gasteiger partial charge in [-0.05, 0) is 25.1 Å². The maximum absolute atomic E-state index is 12.8. The summed E-state index contributed by atoms with van der Waals surface area (Å²) in [5.41, 5.74) is 1.51. The number of methoxy groups -OCH3 is 1. The molecule has 3 N–H and O–H groups in total. The summed E-state index contributed by atoms with van der Waals surface area (Å²) in [6.45, 7) is 3.88. The topological polar surface area (TPSA) is 75.6 Å². The third kappa shape index (κ3) is 3.86. The Hall–Kier alpha value is -1.51. The van der Waals surface area contributed by atoms with Gasteiger partial charge in [-0.15, -0.1) is 0 Å². The van der Waals surface area contributed by atoms with Crippen molar-refractivity contribution in [3.8, 4) is 0 Å². The molecule has 1 aliphatic heterocycles. The molecule has 0 saturated carbocycles. The summed E-state index contributed by atoms with van der Waals surface area (Å²) in [5.74, 6) is 1.55. The smallest absolute Gasteiger partial charge is 0.356 e. The Bertz CT molecular complexity index is 802. The van der Waals surface area contributed by atoms with Gasteiger partial charge < -0.3 is 19.9 Å². The molecule has 1 atom stereocenters. The molecular formula is C17H21BrN3O3S+. The Labute approximate surface area is 158 Å². The minimum atomic E-state index is -0.503. The number of thioether (sulfide) groups is 1. The van der Waals surface area contributed by atoms with E-state index in [1.807, 2.05) is 36.9 Å². The maximum atomic E-state index is 12.8. The van der Waals surface area contributed by atoms with Crippen LogP contribution < -0.4 is 10.2 Å². The van der Waals surface area contributed by atoms with Gasteiger partial charge in [0.25, 0.3) is 5.91 Å². The van der Waals surface area contributed by atoms with Gasteiger partial charge >= 0.3 is 5.97 Å². The lowest BCUT2D eigenvalue weighted by atomic mass is 10.2. The second-order valence-corrected chi connectivity index (χ2v) is 8.18. The first-order chi connectivity index (χ1) is 12.0. The van der Waals surface area contributed by atoms with Gasteiger partial charge in [-0.3, -0.25) is 4.79 Å². The van der Waals surface area contributed by atoms with Crippen LogP contribution in [-0.2, 0) is 9.53 Å². The van der Waals surface area contributed by atoms with E-state index in [0.29, 0.717) is 5.69 Å². The maximum Gasteiger partial charge on any atom is 0.356 e. The van der Waals surface area contributed by atoms with Gasteiger partial charge in [-0.2, -0.15) is 11.8 Å². The molecule has 0 unspecified atom stereocenters. The van der Waals surface area contributed by atoms with Crippen LogP contribution in [0, 0.1) is 0 Å². The Morgan fingerprint density at radius 1 is 1.36 bits per heavy atom. The van der Waals surface area contributed by atoms with Crippen LogP contribution in [0.25, 0.3) is 10.9 Å². The van der Waals surface area contributed by atoms with Gasteiger partial charge in [-0.25, -0.2) is 4.79 Å². The Morgan fingerprint density at radius 3 is 2.76 bits per heavy atom. The SMILES string of the molecule is COC(=O)c1[nH]c2ccc(Br)cc2c1NC(=O)[C@@H](C)[NH+]1CCSCC1. The van der Waals surface area contributed by atoms with Crippen LogP contribution in [-0.4, -0.2) is 54.6 Å². The molecule has 0 bridgehead atoms. The van der Waals surface area contributed by atoms with Crippen LogP contribution in [0.2, 0.25) is 0 Å². The molecule has 3 rings (SSSR count). The fraction of sp³-hybridized carbons (Fsp3) is 0.412. The summed E-state index contributed by atoms with van der Waals surface area (Å²) in [6.07, 6.45) is 0. The standard InChI is InChI=1S/C17H20BrN3O3S/c1-10(21-5-7-25-8-6-21)16(22)20-14-12-9-11(18)3-4-13(12)19-15(14)17(23)24-2/h3-4,9-10,19H,5-8H2,1-2H3,(H,20,22)/p+1/t10-/m1/s1. The molecule has 1 aromatic heterocycles. The molecule has 0 spiro atoms. The zero-order chi connectivity index (χ0) is 18.0. The largest absolute Gasteiger partial charge is 0.464 e. The number of halogens is 1. The molecule has 2 heterocycles. The molecule has 25 heavy (non-hydrogen) atoms. The van der Waals surface area contributed by atoms with Gasteiger partial charge in [0, 0.05) is 26.9 Å². The van der Waals surface area contributed by atoms with Crippen LogP contribution in [0.3, 0.4) is 0 Å². The van der Waals surface area contributed by atoms with Crippen molar-refractivity contribution in [2.24, 2.45) is 0 Å². The first-order valence-electron chi connectivity index (χ1n) is 8.14. The number of esters is 1. The minimum absolute atomic E-state index is 0.0899. The normalized spacial score (nSPS) is 16.6. The molecule has 0 aliphatic carbocycles. The molecule has 134 valence electrons. The van der Waals surface area contributed by atoms with E-state index in [4.69, 9.17) is 4.74 Å². The van der Waals surface area contributed by atoms with Crippen LogP contribution in [0.4, 0.5) is 5.69 Å². The molecule has 1 amide bonds. The highest BCUT2D eigenvalue weighted by Gasteiger charge is 2.29. The molecule has 8 heteroatoms. The number of hydrogen-bond acceptors (Lipinski definition) is 4. The summed E-state index contributed by atoms with van der Waals surface area (Å²) in [5, 5.41) is 3.73. The summed E-state index contributed by atoms with van der Waals surface area (Å²) in [4.78, 5) is 29.2. The number of carbonyl (C=O) groups is 2. The van der Waals surface area contributed by atoms with Crippen molar-refractivity contribution in [3.05, 3.63) is 28.4 Å². The first-order valence-corrected chi connectivity index (χ1v) is 10.1. The van der Waals surface area contributed by atoms with E-state index < -0.39 is 5.97 Å². The third-order valence-corrected chi connectivity index (χ3v) is 6.02. The van der Waals surface area contributed by atoms with E-state index in [1.165, 1.54) is 12.0 Å². The number of amides is 1. The average molecular weight is 427 g/mol. The highest BCUT2D eigenvalue weighted by Crippen LogP contribution is 2.30. The van der Waals surface area contributed by atoms with Crippen molar-refractivity contribution >= 4 is 56.2 Å². The molecular weight excluding hydrogens is 406 g/mol. The number of anilines is 1. The minimum Gasteiger partial charge on any atom is -0.464 e. The fourth-order valence-corrected chi connectivity index (χ4v) is 4.41. The second kappa shape index (κ2) is 7.80. The van der Waals surface area contributed by atoms with Gasteiger partial charge in [0.1, 0.15) is 5.69 Å². The van der Waals surface area contributed by atoms with Crippen molar-refractivity contribution in [2.75, 3.05) is 37.0 Å². The highest BCUT2D eigenvalue weighted by atomic mass is 79.9. The van der Waals surface area contributed by atoms with Crippen LogP contribution in [0.5, 0.6) is 0 Å². The van der Waals surface area contributed by atoms with Gasteiger partial charge in [0.2, 0.25) is 0 Å². The summed E-state index contributed by atoms with van der Waals surface area (Å²) >= 11 is 5.36. The average Bonchev–Trinajstić information content (AvgIpc) is 2.98. The summed E-state index contributed by atoms with van der Waals surface area (Å²) in [6, 6.07) is 5.44. The Balaban J connectivity index is 1.91. The second-order valence-electron chi connectivity index (χ2n) is 6.04. The van der Waals surface area contributed by atoms with Crippen LogP contribution >= 0.6 is 27.7 Å². The van der Waals surface area contributed by atoms with Gasteiger partial charge in [-0.1, -0.05) is 15.9 Å². The molecule has 2 aromatic rings. The predicted octanol–water partition coefficient (Wildman–Crippen LogP) is 1.68. The zero-order valence-electron chi connectivity index (χ0n) is 14.1. The third-order valence-electron chi connectivity index (χ3n) is 4.54. The van der Waals surface area contributed by atoms with Crippen molar-refractivity contribution in [3.63, 3.8) is 0 Å². The Kier molecular flexibility index (Phi) is 5.71. The molecule has 1 saturated heterocycles.